The zero-order valence-corrected chi connectivity index (χ0v) is 11.1. The number of methoxy groups -OCH3 is 1. The molecule has 0 aliphatic rings. The standard InChI is InChI=1S/C16H14N2O2/c1-20-15-6-4-13(5-7-15)3-2-10-18-16(19)14-8-11-17-12-9-14/h4-9,11-12H,10H2,1H3,(H,18,19). The molecule has 0 fully saturated rings. The number of amides is 1. The van der Waals surface area contributed by atoms with Crippen molar-refractivity contribution in [2.24, 2.45) is 0 Å². The van der Waals surface area contributed by atoms with Crippen LogP contribution in [0.15, 0.2) is 48.8 Å². The fraction of sp³-hybridized carbons (Fsp3) is 0.125. The maximum absolute atomic E-state index is 11.7. The van der Waals surface area contributed by atoms with E-state index in [4.69, 9.17) is 4.74 Å². The van der Waals surface area contributed by atoms with Crippen LogP contribution < -0.4 is 10.1 Å². The van der Waals surface area contributed by atoms with E-state index < -0.39 is 0 Å². The van der Waals surface area contributed by atoms with Gasteiger partial charge in [0.15, 0.2) is 0 Å². The first kappa shape index (κ1) is 13.6. The van der Waals surface area contributed by atoms with Gasteiger partial charge in [-0.15, -0.1) is 0 Å². The van der Waals surface area contributed by atoms with Gasteiger partial charge in [-0.05, 0) is 36.4 Å². The number of nitrogens with one attached hydrogen (secondary N) is 1. The van der Waals surface area contributed by atoms with Crippen LogP contribution >= 0.6 is 0 Å². The number of rotatable bonds is 3. The van der Waals surface area contributed by atoms with Crippen LogP contribution in [0.4, 0.5) is 0 Å². The molecule has 0 spiro atoms. The number of ether oxygens (including phenoxy) is 1. The molecule has 2 aromatic rings. The Morgan fingerprint density at radius 1 is 1.20 bits per heavy atom. The van der Waals surface area contributed by atoms with E-state index in [2.05, 4.69) is 22.1 Å². The first-order chi connectivity index (χ1) is 9.79. The second-order valence-electron chi connectivity index (χ2n) is 3.95. The fourth-order valence-corrected chi connectivity index (χ4v) is 1.55. The van der Waals surface area contributed by atoms with Crippen LogP contribution in [-0.4, -0.2) is 24.5 Å². The third kappa shape index (κ3) is 3.85. The zero-order chi connectivity index (χ0) is 14.2. The van der Waals surface area contributed by atoms with Crippen molar-refractivity contribution in [3.63, 3.8) is 0 Å². The minimum Gasteiger partial charge on any atom is -0.497 e. The molecular weight excluding hydrogens is 252 g/mol. The van der Waals surface area contributed by atoms with Crippen molar-refractivity contribution in [2.75, 3.05) is 13.7 Å². The number of nitrogens with zero attached hydrogens (tertiary/aromatic N) is 1. The number of aromatic nitrogens is 1. The van der Waals surface area contributed by atoms with Gasteiger partial charge in [-0.2, -0.15) is 0 Å². The predicted molar refractivity (Wildman–Crippen MR) is 76.4 cm³/mol. The third-order valence-corrected chi connectivity index (χ3v) is 2.60. The molecule has 0 atom stereocenters. The van der Waals surface area contributed by atoms with Gasteiger partial charge in [-0.1, -0.05) is 11.8 Å². The molecular formula is C16H14N2O2. The van der Waals surface area contributed by atoms with Gasteiger partial charge < -0.3 is 10.1 Å². The summed E-state index contributed by atoms with van der Waals surface area (Å²) in [7, 11) is 1.62. The molecule has 2 rings (SSSR count). The quantitative estimate of drug-likeness (QED) is 0.863. The van der Waals surface area contributed by atoms with E-state index in [1.54, 1.807) is 31.6 Å². The van der Waals surface area contributed by atoms with Gasteiger partial charge in [0.1, 0.15) is 5.75 Å². The van der Waals surface area contributed by atoms with Crippen LogP contribution in [0.1, 0.15) is 15.9 Å². The average Bonchev–Trinajstić information content (AvgIpc) is 2.53. The van der Waals surface area contributed by atoms with Gasteiger partial charge in [-0.25, -0.2) is 0 Å². The molecule has 1 amide bonds. The Hall–Kier alpha value is -2.80. The molecule has 100 valence electrons. The number of pyridine rings is 1. The highest BCUT2D eigenvalue weighted by molar-refractivity contribution is 5.94. The average molecular weight is 266 g/mol. The molecule has 4 heteroatoms. The molecule has 0 unspecified atom stereocenters. The van der Waals surface area contributed by atoms with E-state index in [1.807, 2.05) is 24.3 Å². The van der Waals surface area contributed by atoms with Crippen molar-refractivity contribution in [2.45, 2.75) is 0 Å². The minimum absolute atomic E-state index is 0.156. The highest BCUT2D eigenvalue weighted by atomic mass is 16.5. The summed E-state index contributed by atoms with van der Waals surface area (Å²) in [6.45, 7) is 0.299. The van der Waals surface area contributed by atoms with E-state index in [1.165, 1.54) is 0 Å². The number of benzene rings is 1. The monoisotopic (exact) mass is 266 g/mol. The first-order valence-corrected chi connectivity index (χ1v) is 6.11. The summed E-state index contributed by atoms with van der Waals surface area (Å²) >= 11 is 0. The Balaban J connectivity index is 1.87. The van der Waals surface area contributed by atoms with Crippen molar-refractivity contribution in [3.05, 3.63) is 59.9 Å². The molecule has 0 saturated heterocycles. The van der Waals surface area contributed by atoms with Crippen molar-refractivity contribution in [1.29, 1.82) is 0 Å². The van der Waals surface area contributed by atoms with Crippen molar-refractivity contribution >= 4 is 5.91 Å². The predicted octanol–water partition coefficient (Wildman–Crippen LogP) is 1.87. The van der Waals surface area contributed by atoms with Gasteiger partial charge in [-0.3, -0.25) is 9.78 Å². The van der Waals surface area contributed by atoms with E-state index in [0.29, 0.717) is 12.1 Å². The van der Waals surface area contributed by atoms with Gasteiger partial charge in [0.25, 0.3) is 5.91 Å². The van der Waals surface area contributed by atoms with Crippen molar-refractivity contribution in [1.82, 2.24) is 10.3 Å². The fourth-order valence-electron chi connectivity index (χ4n) is 1.55. The van der Waals surface area contributed by atoms with Crippen LogP contribution in [0, 0.1) is 11.8 Å². The van der Waals surface area contributed by atoms with Gasteiger partial charge in [0.05, 0.1) is 13.7 Å². The topological polar surface area (TPSA) is 51.2 Å². The number of hydrogen-bond donors (Lipinski definition) is 1. The lowest BCUT2D eigenvalue weighted by molar-refractivity contribution is 0.0958. The lowest BCUT2D eigenvalue weighted by atomic mass is 10.2. The normalized spacial score (nSPS) is 9.25. The molecule has 1 N–H and O–H groups in total. The Morgan fingerprint density at radius 2 is 1.90 bits per heavy atom. The van der Waals surface area contributed by atoms with Gasteiger partial charge >= 0.3 is 0 Å². The highest BCUT2D eigenvalue weighted by Crippen LogP contribution is 2.09. The molecule has 1 aromatic heterocycles. The maximum atomic E-state index is 11.7. The lowest BCUT2D eigenvalue weighted by Crippen LogP contribution is -2.23. The molecule has 20 heavy (non-hydrogen) atoms. The minimum atomic E-state index is -0.156. The first-order valence-electron chi connectivity index (χ1n) is 6.11. The van der Waals surface area contributed by atoms with E-state index in [9.17, 15) is 4.79 Å². The Labute approximate surface area is 117 Å². The summed E-state index contributed by atoms with van der Waals surface area (Å²) in [6.07, 6.45) is 3.16. The molecule has 0 saturated carbocycles. The zero-order valence-electron chi connectivity index (χ0n) is 11.1. The van der Waals surface area contributed by atoms with Gasteiger partial charge in [0.2, 0.25) is 0 Å². The number of carbonyl (C=O) groups is 1. The number of carbonyl (C=O) groups excluding carboxylic acids is 1. The maximum Gasteiger partial charge on any atom is 0.252 e. The van der Waals surface area contributed by atoms with Crippen molar-refractivity contribution in [3.8, 4) is 17.6 Å². The largest absolute Gasteiger partial charge is 0.497 e. The molecule has 4 nitrogen and oxygen atoms in total. The smallest absolute Gasteiger partial charge is 0.252 e. The van der Waals surface area contributed by atoms with E-state index >= 15 is 0 Å². The lowest BCUT2D eigenvalue weighted by Gasteiger charge is -2.00. The molecule has 0 aliphatic heterocycles. The molecule has 1 aromatic carbocycles. The van der Waals surface area contributed by atoms with Crippen LogP contribution in [0.25, 0.3) is 0 Å². The van der Waals surface area contributed by atoms with E-state index in [0.717, 1.165) is 11.3 Å². The van der Waals surface area contributed by atoms with Crippen LogP contribution in [-0.2, 0) is 0 Å². The Morgan fingerprint density at radius 3 is 2.55 bits per heavy atom. The summed E-state index contributed by atoms with van der Waals surface area (Å²) in [4.78, 5) is 15.6. The second-order valence-corrected chi connectivity index (χ2v) is 3.95. The molecule has 0 aliphatic carbocycles. The summed E-state index contributed by atoms with van der Waals surface area (Å²) in [6, 6.07) is 10.8. The van der Waals surface area contributed by atoms with Crippen LogP contribution in [0.3, 0.4) is 0 Å². The van der Waals surface area contributed by atoms with Gasteiger partial charge in [0, 0.05) is 23.5 Å². The highest BCUT2D eigenvalue weighted by Gasteiger charge is 2.01. The molecule has 1 heterocycles. The Bertz CT molecular complexity index is 625. The number of hydrogen-bond acceptors (Lipinski definition) is 3. The Kier molecular flexibility index (Phi) is 4.74. The molecule has 0 radical (unpaired) electrons. The van der Waals surface area contributed by atoms with E-state index in [-0.39, 0.29) is 5.91 Å². The molecule has 0 bridgehead atoms. The SMILES string of the molecule is COc1ccc(C#CCNC(=O)c2ccncc2)cc1. The second kappa shape index (κ2) is 6.95. The summed E-state index contributed by atoms with van der Waals surface area (Å²) in [5, 5.41) is 2.73. The van der Waals surface area contributed by atoms with Crippen molar-refractivity contribution < 1.29 is 9.53 Å². The van der Waals surface area contributed by atoms with Crippen LogP contribution in [0.5, 0.6) is 5.75 Å². The summed E-state index contributed by atoms with van der Waals surface area (Å²) < 4.78 is 5.06. The summed E-state index contributed by atoms with van der Waals surface area (Å²) in [5.74, 6) is 6.51. The summed E-state index contributed by atoms with van der Waals surface area (Å²) in [5.41, 5.74) is 1.45. The third-order valence-electron chi connectivity index (χ3n) is 2.60. The van der Waals surface area contributed by atoms with Crippen LogP contribution in [0.2, 0.25) is 0 Å².